The lowest BCUT2D eigenvalue weighted by Gasteiger charge is -2.14. The molecule has 0 N–H and O–H groups in total. The molecule has 0 fully saturated rings. The topological polar surface area (TPSA) is 57.1 Å². The largest absolute Gasteiger partial charge is 0.490 e. The second-order valence-corrected chi connectivity index (χ2v) is 8.48. The molecule has 7 heteroatoms. The molecule has 0 bridgehead atoms. The van der Waals surface area contributed by atoms with E-state index in [1.165, 1.54) is 12.1 Å². The smallest absolute Gasteiger partial charge is 0.363 e. The molecule has 0 aromatic heterocycles. The van der Waals surface area contributed by atoms with Crippen molar-refractivity contribution in [3.63, 3.8) is 0 Å². The summed E-state index contributed by atoms with van der Waals surface area (Å²) in [6.07, 6.45) is 1.59. The van der Waals surface area contributed by atoms with Crippen molar-refractivity contribution in [3.05, 3.63) is 112 Å². The van der Waals surface area contributed by atoms with Crippen molar-refractivity contribution in [2.24, 2.45) is 4.99 Å². The fraction of sp³-hybridized carbons (Fsp3) is 0.103. The lowest BCUT2D eigenvalue weighted by atomic mass is 10.1. The number of aliphatic imine (C=N–C) groups is 1. The highest BCUT2D eigenvalue weighted by atomic mass is 35.5. The molecule has 0 radical (unpaired) electrons. The van der Waals surface area contributed by atoms with Crippen LogP contribution in [0, 0.1) is 5.82 Å². The molecule has 1 heterocycles. The van der Waals surface area contributed by atoms with E-state index in [4.69, 9.17) is 25.8 Å². The molecule has 0 atom stereocenters. The first-order valence-corrected chi connectivity index (χ1v) is 11.7. The maximum Gasteiger partial charge on any atom is 0.363 e. The lowest BCUT2D eigenvalue weighted by molar-refractivity contribution is -0.129. The number of carbonyl (C=O) groups excluding carboxylic acids is 1. The molecule has 36 heavy (non-hydrogen) atoms. The van der Waals surface area contributed by atoms with E-state index >= 15 is 0 Å². The third-order valence-corrected chi connectivity index (χ3v) is 5.83. The minimum Gasteiger partial charge on any atom is -0.490 e. The van der Waals surface area contributed by atoms with Crippen molar-refractivity contribution < 1.29 is 23.4 Å². The van der Waals surface area contributed by atoms with Gasteiger partial charge in [-0.05, 0) is 71.3 Å². The Morgan fingerprint density at radius 1 is 0.972 bits per heavy atom. The zero-order chi connectivity index (χ0) is 25.1. The quantitative estimate of drug-likeness (QED) is 0.203. The van der Waals surface area contributed by atoms with Gasteiger partial charge in [-0.1, -0.05) is 54.1 Å². The van der Waals surface area contributed by atoms with Crippen molar-refractivity contribution in [3.8, 4) is 11.5 Å². The van der Waals surface area contributed by atoms with E-state index in [2.05, 4.69) is 4.99 Å². The van der Waals surface area contributed by atoms with Crippen LogP contribution in [0.5, 0.6) is 11.5 Å². The van der Waals surface area contributed by atoms with Crippen LogP contribution in [0.4, 0.5) is 4.39 Å². The van der Waals surface area contributed by atoms with Gasteiger partial charge in [0.2, 0.25) is 5.90 Å². The molecule has 0 saturated heterocycles. The molecule has 5 nitrogen and oxygen atoms in total. The zero-order valence-corrected chi connectivity index (χ0v) is 20.1. The Hall–Kier alpha value is -4.16. The third kappa shape index (κ3) is 5.09. The number of halogens is 2. The second kappa shape index (κ2) is 10.2. The number of fused-ring (bicyclic) bond motifs is 1. The minimum absolute atomic E-state index is 0.150. The first kappa shape index (κ1) is 23.6. The summed E-state index contributed by atoms with van der Waals surface area (Å²) >= 11 is 6.52. The van der Waals surface area contributed by atoms with E-state index in [0.717, 1.165) is 16.3 Å². The van der Waals surface area contributed by atoms with Gasteiger partial charge in [-0.25, -0.2) is 14.2 Å². The van der Waals surface area contributed by atoms with Crippen LogP contribution in [0.2, 0.25) is 5.02 Å². The Bertz CT molecular complexity index is 1510. The monoisotopic (exact) mass is 501 g/mol. The average molecular weight is 502 g/mol. The van der Waals surface area contributed by atoms with Gasteiger partial charge >= 0.3 is 5.97 Å². The predicted molar refractivity (Wildman–Crippen MR) is 138 cm³/mol. The van der Waals surface area contributed by atoms with E-state index in [9.17, 15) is 9.18 Å². The molecule has 1 aliphatic rings. The molecule has 0 amide bonds. The summed E-state index contributed by atoms with van der Waals surface area (Å²) < 4.78 is 30.2. The van der Waals surface area contributed by atoms with Crippen LogP contribution in [0.15, 0.2) is 89.6 Å². The standard InChI is InChI=1S/C29H21ClFNO4/c1-2-34-26-15-19(13-24(30)27(26)35-17-18-7-11-23(31)12-8-18)14-25-29(33)36-28(32-25)22-10-9-20-5-3-4-6-21(20)16-22/h3-16H,2,17H2,1H3/b25-14-. The maximum atomic E-state index is 13.2. The molecule has 180 valence electrons. The first-order valence-electron chi connectivity index (χ1n) is 11.4. The molecule has 4 aromatic rings. The molecule has 0 aliphatic carbocycles. The molecule has 0 unspecified atom stereocenters. The summed E-state index contributed by atoms with van der Waals surface area (Å²) in [5.41, 5.74) is 2.25. The third-order valence-electron chi connectivity index (χ3n) is 5.55. The van der Waals surface area contributed by atoms with Crippen LogP contribution in [0.25, 0.3) is 16.8 Å². The van der Waals surface area contributed by atoms with Gasteiger partial charge in [0.1, 0.15) is 12.4 Å². The lowest BCUT2D eigenvalue weighted by Crippen LogP contribution is -2.05. The summed E-state index contributed by atoms with van der Waals surface area (Å²) in [6, 6.07) is 23.1. The van der Waals surface area contributed by atoms with E-state index in [0.29, 0.717) is 34.3 Å². The van der Waals surface area contributed by atoms with E-state index in [-0.39, 0.29) is 24.0 Å². The van der Waals surface area contributed by atoms with Gasteiger partial charge in [-0.3, -0.25) is 0 Å². The van der Waals surface area contributed by atoms with Gasteiger partial charge < -0.3 is 14.2 Å². The second-order valence-electron chi connectivity index (χ2n) is 8.08. The zero-order valence-electron chi connectivity index (χ0n) is 19.3. The summed E-state index contributed by atoms with van der Waals surface area (Å²) in [5, 5.41) is 2.41. The van der Waals surface area contributed by atoms with E-state index in [1.54, 1.807) is 30.3 Å². The fourth-order valence-electron chi connectivity index (χ4n) is 3.82. The minimum atomic E-state index is -0.552. The number of nitrogens with zero attached hydrogens (tertiary/aromatic N) is 1. The molecular weight excluding hydrogens is 481 g/mol. The van der Waals surface area contributed by atoms with Crippen molar-refractivity contribution >= 4 is 40.3 Å². The Morgan fingerprint density at radius 2 is 1.75 bits per heavy atom. The van der Waals surface area contributed by atoms with E-state index in [1.807, 2.05) is 49.4 Å². The van der Waals surface area contributed by atoms with Crippen LogP contribution in [0.1, 0.15) is 23.6 Å². The molecule has 0 saturated carbocycles. The number of rotatable bonds is 7. The average Bonchev–Trinajstić information content (AvgIpc) is 3.24. The summed E-state index contributed by atoms with van der Waals surface area (Å²) in [5.74, 6) is 0.153. The van der Waals surface area contributed by atoms with Crippen molar-refractivity contribution in [1.82, 2.24) is 0 Å². The SMILES string of the molecule is CCOc1cc(/C=C2\N=C(c3ccc4ccccc4c3)OC2=O)cc(Cl)c1OCc1ccc(F)cc1. The number of cyclic esters (lactones) is 1. The Balaban J connectivity index is 1.42. The van der Waals surface area contributed by atoms with Gasteiger partial charge in [0.05, 0.1) is 11.6 Å². The first-order chi connectivity index (χ1) is 17.5. The summed E-state index contributed by atoms with van der Waals surface area (Å²) in [6.45, 7) is 2.42. The van der Waals surface area contributed by atoms with Gasteiger partial charge in [-0.2, -0.15) is 0 Å². The van der Waals surface area contributed by atoms with Gasteiger partial charge in [0, 0.05) is 5.56 Å². The highest BCUT2D eigenvalue weighted by Crippen LogP contribution is 2.38. The van der Waals surface area contributed by atoms with Crippen LogP contribution < -0.4 is 9.47 Å². The number of esters is 1. The van der Waals surface area contributed by atoms with Gasteiger partial charge in [0.15, 0.2) is 17.2 Å². The predicted octanol–water partition coefficient (Wildman–Crippen LogP) is 6.95. The highest BCUT2D eigenvalue weighted by molar-refractivity contribution is 6.32. The number of carbonyl (C=O) groups is 1. The number of hydrogen-bond acceptors (Lipinski definition) is 5. The van der Waals surface area contributed by atoms with E-state index < -0.39 is 5.97 Å². The van der Waals surface area contributed by atoms with Crippen molar-refractivity contribution in [2.45, 2.75) is 13.5 Å². The van der Waals surface area contributed by atoms with Crippen molar-refractivity contribution in [2.75, 3.05) is 6.61 Å². The maximum absolute atomic E-state index is 13.2. The Morgan fingerprint density at radius 3 is 2.53 bits per heavy atom. The van der Waals surface area contributed by atoms with Gasteiger partial charge in [-0.15, -0.1) is 0 Å². The van der Waals surface area contributed by atoms with Crippen LogP contribution in [0.3, 0.4) is 0 Å². The van der Waals surface area contributed by atoms with Crippen LogP contribution in [-0.2, 0) is 16.1 Å². The van der Waals surface area contributed by atoms with Crippen molar-refractivity contribution in [1.29, 1.82) is 0 Å². The van der Waals surface area contributed by atoms with Crippen LogP contribution in [-0.4, -0.2) is 18.5 Å². The number of hydrogen-bond donors (Lipinski definition) is 0. The van der Waals surface area contributed by atoms with Crippen LogP contribution >= 0.6 is 11.6 Å². The Labute approximate surface area is 212 Å². The molecule has 5 rings (SSSR count). The summed E-state index contributed by atoms with van der Waals surface area (Å²) in [4.78, 5) is 17.0. The molecule has 0 spiro atoms. The molecule has 1 aliphatic heterocycles. The summed E-state index contributed by atoms with van der Waals surface area (Å²) in [7, 11) is 0. The highest BCUT2D eigenvalue weighted by Gasteiger charge is 2.25. The Kier molecular flexibility index (Phi) is 6.69. The van der Waals surface area contributed by atoms with Gasteiger partial charge in [0.25, 0.3) is 0 Å². The fourth-order valence-corrected chi connectivity index (χ4v) is 4.10. The normalized spacial score (nSPS) is 14.1. The number of benzene rings is 4. The molecule has 4 aromatic carbocycles. The molecular formula is C29H21ClFNO4. The number of ether oxygens (including phenoxy) is 3.